The predicted octanol–water partition coefficient (Wildman–Crippen LogP) is 2.77. The number of carbonyl (C=O) groups is 1. The Hall–Kier alpha value is -3.68. The van der Waals surface area contributed by atoms with Crippen LogP contribution in [0.15, 0.2) is 51.7 Å². The number of hydrogen-bond donors (Lipinski definition) is 0. The maximum Gasteiger partial charge on any atom is 0.373 e. The minimum Gasteiger partial charge on any atom is -0.496 e. The zero-order chi connectivity index (χ0) is 19.7. The van der Waals surface area contributed by atoms with E-state index in [2.05, 4.69) is 10.3 Å². The Morgan fingerprint density at radius 3 is 2.82 bits per heavy atom. The van der Waals surface area contributed by atoms with E-state index in [4.69, 9.17) is 14.0 Å². The first-order chi connectivity index (χ1) is 13.6. The summed E-state index contributed by atoms with van der Waals surface area (Å²) < 4.78 is 10.7. The molecule has 0 N–H and O–H groups in total. The van der Waals surface area contributed by atoms with Crippen molar-refractivity contribution in [3.05, 3.63) is 64.0 Å². The van der Waals surface area contributed by atoms with Crippen LogP contribution in [0.5, 0.6) is 5.75 Å². The number of aromatic nitrogens is 3. The number of nitrogens with zero attached hydrogens (tertiary/aromatic N) is 3. The highest BCUT2D eigenvalue weighted by atomic mass is 16.7. The molecular weight excluding hydrogens is 362 g/mol. The summed E-state index contributed by atoms with van der Waals surface area (Å²) in [6.07, 6.45) is 1.52. The summed E-state index contributed by atoms with van der Waals surface area (Å²) in [5.41, 5.74) is 1.53. The third-order valence-corrected chi connectivity index (χ3v) is 4.39. The van der Waals surface area contributed by atoms with Gasteiger partial charge in [0, 0.05) is 11.5 Å². The van der Waals surface area contributed by atoms with Crippen molar-refractivity contribution in [1.29, 1.82) is 0 Å². The van der Waals surface area contributed by atoms with E-state index in [1.165, 1.54) is 13.2 Å². The lowest BCUT2D eigenvalue weighted by Gasteiger charge is -2.12. The monoisotopic (exact) mass is 379 g/mol. The van der Waals surface area contributed by atoms with E-state index in [0.717, 1.165) is 16.8 Å². The summed E-state index contributed by atoms with van der Waals surface area (Å²) in [5.74, 6) is -0.534. The lowest BCUT2D eigenvalue weighted by atomic mass is 10.0. The fourth-order valence-corrected chi connectivity index (χ4v) is 3.15. The number of methoxy groups -OCH3 is 1. The van der Waals surface area contributed by atoms with Gasteiger partial charge in [-0.25, -0.2) is 9.59 Å². The van der Waals surface area contributed by atoms with E-state index in [-0.39, 0.29) is 16.9 Å². The van der Waals surface area contributed by atoms with Crippen LogP contribution in [-0.2, 0) is 6.42 Å². The van der Waals surface area contributed by atoms with Gasteiger partial charge in [0.05, 0.1) is 7.11 Å². The molecule has 142 valence electrons. The van der Waals surface area contributed by atoms with E-state index < -0.39 is 11.6 Å². The highest BCUT2D eigenvalue weighted by Gasteiger charge is 2.24. The standard InChI is InChI=1S/C20H17N3O5/c1-3-6-12-11-17(24)27-19-13(12)9-10-16(26-2)18(19)20(25)28-23-15-8-5-4-7-14(15)21-22-23/h4-5,7-11H,3,6H2,1-2H3. The molecule has 0 aliphatic carbocycles. The highest BCUT2D eigenvalue weighted by Crippen LogP contribution is 2.30. The van der Waals surface area contributed by atoms with Gasteiger partial charge in [-0.15, -0.1) is 5.10 Å². The van der Waals surface area contributed by atoms with Crippen molar-refractivity contribution in [2.45, 2.75) is 19.8 Å². The number of benzene rings is 2. The van der Waals surface area contributed by atoms with Gasteiger partial charge in [0.25, 0.3) is 0 Å². The molecule has 0 radical (unpaired) electrons. The van der Waals surface area contributed by atoms with Gasteiger partial charge in [-0.3, -0.25) is 0 Å². The lowest BCUT2D eigenvalue weighted by Crippen LogP contribution is -2.22. The fraction of sp³-hybridized carbons (Fsp3) is 0.200. The van der Waals surface area contributed by atoms with Gasteiger partial charge in [0.2, 0.25) is 0 Å². The van der Waals surface area contributed by atoms with Gasteiger partial charge in [-0.2, -0.15) is 0 Å². The number of carbonyl (C=O) groups excluding carboxylic acids is 1. The van der Waals surface area contributed by atoms with Crippen molar-refractivity contribution in [1.82, 2.24) is 15.2 Å². The molecule has 0 amide bonds. The second-order valence-electron chi connectivity index (χ2n) is 6.19. The zero-order valence-electron chi connectivity index (χ0n) is 15.3. The van der Waals surface area contributed by atoms with Crippen LogP contribution in [0, 0.1) is 0 Å². The molecule has 0 spiro atoms. The fourth-order valence-electron chi connectivity index (χ4n) is 3.15. The number of fused-ring (bicyclic) bond motifs is 2. The third-order valence-electron chi connectivity index (χ3n) is 4.39. The van der Waals surface area contributed by atoms with Crippen molar-refractivity contribution >= 4 is 28.0 Å². The first-order valence-electron chi connectivity index (χ1n) is 8.79. The first-order valence-corrected chi connectivity index (χ1v) is 8.79. The Bertz CT molecular complexity index is 1240. The van der Waals surface area contributed by atoms with Crippen molar-refractivity contribution in [2.24, 2.45) is 0 Å². The number of rotatable bonds is 5. The number of ether oxygens (including phenoxy) is 1. The quantitative estimate of drug-likeness (QED) is 0.388. The van der Waals surface area contributed by atoms with Crippen LogP contribution in [0.25, 0.3) is 22.0 Å². The van der Waals surface area contributed by atoms with Crippen molar-refractivity contribution in [3.8, 4) is 5.75 Å². The molecule has 4 rings (SSSR count). The summed E-state index contributed by atoms with van der Waals surface area (Å²) in [7, 11) is 1.43. The van der Waals surface area contributed by atoms with E-state index >= 15 is 0 Å². The Morgan fingerprint density at radius 1 is 1.21 bits per heavy atom. The normalized spacial score (nSPS) is 11.1. The minimum atomic E-state index is -0.769. The summed E-state index contributed by atoms with van der Waals surface area (Å²) in [6, 6.07) is 11.9. The molecular formula is C20H17N3O5. The SMILES string of the molecule is CCCc1cc(=O)oc2c(C(=O)On3nnc4ccccc43)c(OC)ccc12. The van der Waals surface area contributed by atoms with Crippen molar-refractivity contribution in [3.63, 3.8) is 0 Å². The molecule has 0 saturated heterocycles. The molecule has 2 aromatic carbocycles. The number of para-hydroxylation sites is 1. The largest absolute Gasteiger partial charge is 0.496 e. The highest BCUT2D eigenvalue weighted by molar-refractivity contribution is 6.05. The predicted molar refractivity (Wildman–Crippen MR) is 101 cm³/mol. The van der Waals surface area contributed by atoms with Crippen LogP contribution in [0.2, 0.25) is 0 Å². The maximum atomic E-state index is 13.0. The maximum absolute atomic E-state index is 13.0. The van der Waals surface area contributed by atoms with Crippen LogP contribution in [0.1, 0.15) is 29.3 Å². The van der Waals surface area contributed by atoms with Crippen LogP contribution in [0.4, 0.5) is 0 Å². The van der Waals surface area contributed by atoms with Crippen LogP contribution in [-0.4, -0.2) is 28.2 Å². The summed E-state index contributed by atoms with van der Waals surface area (Å²) in [5, 5.41) is 8.47. The van der Waals surface area contributed by atoms with Gasteiger partial charge in [0.15, 0.2) is 5.58 Å². The molecule has 28 heavy (non-hydrogen) atoms. The van der Waals surface area contributed by atoms with E-state index in [9.17, 15) is 9.59 Å². The van der Waals surface area contributed by atoms with E-state index in [1.54, 1.807) is 36.4 Å². The molecule has 0 atom stereocenters. The molecule has 0 aliphatic heterocycles. The Kier molecular flexibility index (Phi) is 4.52. The van der Waals surface area contributed by atoms with Crippen LogP contribution >= 0.6 is 0 Å². The topological polar surface area (TPSA) is 96.5 Å². The molecule has 0 fully saturated rings. The summed E-state index contributed by atoms with van der Waals surface area (Å²) >= 11 is 0. The van der Waals surface area contributed by atoms with Crippen LogP contribution in [0.3, 0.4) is 0 Å². The molecule has 0 unspecified atom stereocenters. The molecule has 0 aliphatic rings. The van der Waals surface area contributed by atoms with Gasteiger partial charge in [-0.05, 0) is 41.5 Å². The molecule has 4 aromatic rings. The van der Waals surface area contributed by atoms with Gasteiger partial charge in [0.1, 0.15) is 22.3 Å². The molecule has 2 heterocycles. The second-order valence-corrected chi connectivity index (χ2v) is 6.19. The zero-order valence-corrected chi connectivity index (χ0v) is 15.3. The van der Waals surface area contributed by atoms with E-state index in [1.807, 2.05) is 6.92 Å². The lowest BCUT2D eigenvalue weighted by molar-refractivity contribution is 0.0406. The van der Waals surface area contributed by atoms with Crippen molar-refractivity contribution in [2.75, 3.05) is 7.11 Å². The van der Waals surface area contributed by atoms with Gasteiger partial charge in [-0.1, -0.05) is 30.3 Å². The Morgan fingerprint density at radius 2 is 2.04 bits per heavy atom. The molecule has 2 aromatic heterocycles. The van der Waals surface area contributed by atoms with Gasteiger partial charge < -0.3 is 14.0 Å². The Labute approximate surface area is 159 Å². The summed E-state index contributed by atoms with van der Waals surface area (Å²) in [6.45, 7) is 2.01. The average Bonchev–Trinajstić information content (AvgIpc) is 3.10. The molecule has 8 nitrogen and oxygen atoms in total. The van der Waals surface area contributed by atoms with Crippen molar-refractivity contribution < 1.29 is 18.8 Å². The van der Waals surface area contributed by atoms with Crippen LogP contribution < -0.4 is 15.2 Å². The first kappa shape index (κ1) is 17.7. The van der Waals surface area contributed by atoms with Gasteiger partial charge >= 0.3 is 11.6 Å². The van der Waals surface area contributed by atoms with E-state index in [0.29, 0.717) is 22.8 Å². The molecule has 0 bridgehead atoms. The smallest absolute Gasteiger partial charge is 0.373 e. The Balaban J connectivity index is 1.86. The second kappa shape index (κ2) is 7.15. The number of aryl methyl sites for hydroxylation is 1. The third kappa shape index (κ3) is 2.98. The molecule has 0 saturated carbocycles. The average molecular weight is 379 g/mol. The number of hydrogen-bond acceptors (Lipinski definition) is 7. The molecule has 8 heteroatoms. The summed E-state index contributed by atoms with van der Waals surface area (Å²) in [4.78, 5) is 31.5. The minimum absolute atomic E-state index is 0.0228.